The van der Waals surface area contributed by atoms with Crippen molar-refractivity contribution in [1.29, 1.82) is 0 Å². The quantitative estimate of drug-likeness (QED) is 0.770. The average molecular weight is 390 g/mol. The van der Waals surface area contributed by atoms with Gasteiger partial charge in [0, 0.05) is 30.9 Å². The Labute approximate surface area is 173 Å². The van der Waals surface area contributed by atoms with Crippen LogP contribution in [0.25, 0.3) is 0 Å². The van der Waals surface area contributed by atoms with Crippen LogP contribution < -0.4 is 5.32 Å². The van der Waals surface area contributed by atoms with Crippen molar-refractivity contribution in [3.8, 4) is 0 Å². The molecule has 2 aromatic rings. The molecule has 0 bridgehead atoms. The number of carbonyl (C=O) groups excluding carboxylic acids is 1. The molecular formula is C25H31N3O. The number of hydrogen-bond acceptors (Lipinski definition) is 3. The minimum absolute atomic E-state index is 0.256. The van der Waals surface area contributed by atoms with E-state index in [0.29, 0.717) is 17.4 Å². The zero-order chi connectivity index (χ0) is 19.7. The molecule has 1 aromatic carbocycles. The van der Waals surface area contributed by atoms with Gasteiger partial charge in [0.25, 0.3) is 0 Å². The number of amides is 1. The summed E-state index contributed by atoms with van der Waals surface area (Å²) in [6, 6.07) is 13.7. The molecule has 1 aliphatic heterocycles. The Balaban J connectivity index is 1.05. The third-order valence-electron chi connectivity index (χ3n) is 7.54. The van der Waals surface area contributed by atoms with Crippen molar-refractivity contribution in [1.82, 2.24) is 15.2 Å². The van der Waals surface area contributed by atoms with Gasteiger partial charge < -0.3 is 5.32 Å². The Bertz CT molecular complexity index is 832. The summed E-state index contributed by atoms with van der Waals surface area (Å²) in [5, 5.41) is 3.20. The van der Waals surface area contributed by atoms with Crippen molar-refractivity contribution in [3.05, 3.63) is 65.5 Å². The van der Waals surface area contributed by atoms with E-state index in [-0.39, 0.29) is 5.92 Å². The molecule has 1 saturated heterocycles. The van der Waals surface area contributed by atoms with Gasteiger partial charge in [0.1, 0.15) is 0 Å². The highest BCUT2D eigenvalue weighted by atomic mass is 16.2. The van der Waals surface area contributed by atoms with Crippen LogP contribution in [-0.2, 0) is 24.1 Å². The number of aromatic nitrogens is 1. The number of nitrogens with zero attached hydrogens (tertiary/aromatic N) is 2. The molecule has 1 aromatic heterocycles. The number of likely N-dealkylation sites (tertiary alicyclic amines) is 1. The summed E-state index contributed by atoms with van der Waals surface area (Å²) in [4.78, 5) is 19.4. The van der Waals surface area contributed by atoms with Gasteiger partial charge in [0.2, 0.25) is 5.91 Å². The van der Waals surface area contributed by atoms with E-state index in [0.717, 1.165) is 38.9 Å². The Hall–Kier alpha value is -2.20. The van der Waals surface area contributed by atoms with Gasteiger partial charge in [-0.15, -0.1) is 0 Å². The molecule has 2 aliphatic carbocycles. The fraction of sp³-hybridized carbons (Fsp3) is 0.520. The first-order valence-corrected chi connectivity index (χ1v) is 11.2. The Morgan fingerprint density at radius 3 is 2.45 bits per heavy atom. The third-order valence-corrected chi connectivity index (χ3v) is 7.54. The normalized spacial score (nSPS) is 23.1. The van der Waals surface area contributed by atoms with E-state index >= 15 is 0 Å². The summed E-state index contributed by atoms with van der Waals surface area (Å²) in [6.45, 7) is 3.09. The monoisotopic (exact) mass is 389 g/mol. The van der Waals surface area contributed by atoms with Crippen LogP contribution in [0, 0.1) is 11.3 Å². The Kier molecular flexibility index (Phi) is 5.13. The number of benzene rings is 1. The van der Waals surface area contributed by atoms with Crippen molar-refractivity contribution >= 4 is 5.91 Å². The molecule has 0 radical (unpaired) electrons. The first kappa shape index (κ1) is 18.8. The molecule has 2 heterocycles. The van der Waals surface area contributed by atoms with E-state index in [1.165, 1.54) is 42.4 Å². The number of hydrogen-bond donors (Lipinski definition) is 1. The summed E-state index contributed by atoms with van der Waals surface area (Å²) in [5.74, 6) is 0.549. The summed E-state index contributed by atoms with van der Waals surface area (Å²) < 4.78 is 0. The molecule has 3 aliphatic rings. The fourth-order valence-corrected chi connectivity index (χ4v) is 5.58. The lowest BCUT2D eigenvalue weighted by atomic mass is 9.89. The van der Waals surface area contributed by atoms with E-state index in [4.69, 9.17) is 0 Å². The van der Waals surface area contributed by atoms with Crippen molar-refractivity contribution in [2.24, 2.45) is 11.3 Å². The molecule has 1 unspecified atom stereocenters. The molecule has 1 amide bonds. The van der Waals surface area contributed by atoms with Gasteiger partial charge in [0.15, 0.2) is 0 Å². The summed E-state index contributed by atoms with van der Waals surface area (Å²) >= 11 is 0. The predicted molar refractivity (Wildman–Crippen MR) is 115 cm³/mol. The Morgan fingerprint density at radius 1 is 1.07 bits per heavy atom. The highest BCUT2D eigenvalue weighted by Gasteiger charge is 2.58. The Morgan fingerprint density at radius 2 is 1.76 bits per heavy atom. The van der Waals surface area contributed by atoms with Crippen LogP contribution in [-0.4, -0.2) is 41.5 Å². The SMILES string of the molecule is O=C(NCCCc1ccncc1)C1CC12CCN(C1Cc3ccccc3C1)CC2. The lowest BCUT2D eigenvalue weighted by molar-refractivity contribution is -0.123. The van der Waals surface area contributed by atoms with Crippen LogP contribution in [0.3, 0.4) is 0 Å². The third kappa shape index (κ3) is 3.95. The number of rotatable bonds is 6. The molecule has 5 rings (SSSR count). The molecule has 4 nitrogen and oxygen atoms in total. The smallest absolute Gasteiger partial charge is 0.223 e. The predicted octanol–water partition coefficient (Wildman–Crippen LogP) is 3.40. The molecule has 1 saturated carbocycles. The first-order chi connectivity index (χ1) is 14.2. The molecule has 1 atom stereocenters. The molecule has 152 valence electrons. The largest absolute Gasteiger partial charge is 0.356 e. The second kappa shape index (κ2) is 7.91. The number of aryl methyl sites for hydroxylation is 1. The van der Waals surface area contributed by atoms with Crippen LogP contribution in [0.5, 0.6) is 0 Å². The maximum atomic E-state index is 12.6. The van der Waals surface area contributed by atoms with Crippen molar-refractivity contribution in [3.63, 3.8) is 0 Å². The van der Waals surface area contributed by atoms with Gasteiger partial charge in [-0.1, -0.05) is 24.3 Å². The van der Waals surface area contributed by atoms with E-state index in [2.05, 4.69) is 39.5 Å². The second-order valence-electron chi connectivity index (χ2n) is 9.24. The number of pyridine rings is 1. The molecule has 1 N–H and O–H groups in total. The topological polar surface area (TPSA) is 45.2 Å². The number of piperidine rings is 1. The zero-order valence-electron chi connectivity index (χ0n) is 17.1. The number of carbonyl (C=O) groups is 1. The van der Waals surface area contributed by atoms with Gasteiger partial charge >= 0.3 is 0 Å². The maximum absolute atomic E-state index is 12.6. The van der Waals surface area contributed by atoms with E-state index in [1.807, 2.05) is 24.5 Å². The summed E-state index contributed by atoms with van der Waals surface area (Å²) in [7, 11) is 0. The van der Waals surface area contributed by atoms with Crippen LogP contribution in [0.4, 0.5) is 0 Å². The molecule has 2 fully saturated rings. The minimum atomic E-state index is 0.256. The number of nitrogens with one attached hydrogen (secondary N) is 1. The lowest BCUT2D eigenvalue weighted by Crippen LogP contribution is -2.43. The highest BCUT2D eigenvalue weighted by Crippen LogP contribution is 2.59. The van der Waals surface area contributed by atoms with Crippen molar-refractivity contribution in [2.45, 2.75) is 51.0 Å². The van der Waals surface area contributed by atoms with Crippen molar-refractivity contribution in [2.75, 3.05) is 19.6 Å². The summed E-state index contributed by atoms with van der Waals surface area (Å²) in [5.41, 5.74) is 4.66. The van der Waals surface area contributed by atoms with Gasteiger partial charge in [-0.25, -0.2) is 0 Å². The van der Waals surface area contributed by atoms with E-state index < -0.39 is 0 Å². The molecule has 1 spiro atoms. The molecule has 4 heteroatoms. The molecule has 29 heavy (non-hydrogen) atoms. The zero-order valence-corrected chi connectivity index (χ0v) is 17.1. The van der Waals surface area contributed by atoms with Crippen LogP contribution >= 0.6 is 0 Å². The van der Waals surface area contributed by atoms with Crippen LogP contribution in [0.2, 0.25) is 0 Å². The van der Waals surface area contributed by atoms with Gasteiger partial charge in [-0.3, -0.25) is 14.7 Å². The van der Waals surface area contributed by atoms with E-state index in [9.17, 15) is 4.79 Å². The minimum Gasteiger partial charge on any atom is -0.356 e. The van der Waals surface area contributed by atoms with Gasteiger partial charge in [-0.05, 0) is 92.3 Å². The summed E-state index contributed by atoms with van der Waals surface area (Å²) in [6.07, 6.45) is 11.5. The molecular weight excluding hydrogens is 358 g/mol. The van der Waals surface area contributed by atoms with Gasteiger partial charge in [-0.2, -0.15) is 0 Å². The average Bonchev–Trinajstić information content (AvgIpc) is 3.28. The van der Waals surface area contributed by atoms with Crippen molar-refractivity contribution < 1.29 is 4.79 Å². The first-order valence-electron chi connectivity index (χ1n) is 11.2. The number of fused-ring (bicyclic) bond motifs is 1. The van der Waals surface area contributed by atoms with E-state index in [1.54, 1.807) is 0 Å². The standard InChI is InChI=1S/C25H31N3O/c29-24(27-11-3-4-19-7-12-26-13-8-19)23-18-25(23)9-14-28(15-10-25)22-16-20-5-1-2-6-21(20)17-22/h1-2,5-8,12-13,22-23H,3-4,9-11,14-18H2,(H,27,29). The van der Waals surface area contributed by atoms with Crippen LogP contribution in [0.1, 0.15) is 42.4 Å². The maximum Gasteiger partial charge on any atom is 0.223 e. The highest BCUT2D eigenvalue weighted by molar-refractivity contribution is 5.82. The van der Waals surface area contributed by atoms with Gasteiger partial charge in [0.05, 0.1) is 0 Å². The second-order valence-corrected chi connectivity index (χ2v) is 9.24. The fourth-order valence-electron chi connectivity index (χ4n) is 5.58. The lowest BCUT2D eigenvalue weighted by Gasteiger charge is -2.36. The van der Waals surface area contributed by atoms with Crippen LogP contribution in [0.15, 0.2) is 48.8 Å².